The fourth-order valence-corrected chi connectivity index (χ4v) is 1.26. The Hall–Kier alpha value is 0.0300. The predicted octanol–water partition coefficient (Wildman–Crippen LogP) is 3.87. The lowest BCUT2D eigenvalue weighted by Gasteiger charge is -2.08. The van der Waals surface area contributed by atoms with E-state index in [2.05, 4.69) is 4.98 Å². The van der Waals surface area contributed by atoms with Gasteiger partial charge in [0.1, 0.15) is 5.69 Å². The smallest absolute Gasteiger partial charge is 0.254 e. The Morgan fingerprint density at radius 1 is 1.54 bits per heavy atom. The lowest BCUT2D eigenvalue weighted by atomic mass is 10.2. The van der Waals surface area contributed by atoms with Crippen LogP contribution in [-0.2, 0) is 3.93 Å². The minimum absolute atomic E-state index is 0.204. The molecule has 0 aliphatic rings. The van der Waals surface area contributed by atoms with E-state index in [1.54, 1.807) is 13.0 Å². The van der Waals surface area contributed by atoms with Crippen LogP contribution in [-0.4, -0.2) is 4.98 Å². The van der Waals surface area contributed by atoms with Gasteiger partial charge in [0, 0.05) is 28.8 Å². The van der Waals surface area contributed by atoms with Crippen molar-refractivity contribution in [3.63, 3.8) is 0 Å². The molecule has 1 heterocycles. The van der Waals surface area contributed by atoms with Crippen LogP contribution in [0.4, 0.5) is 8.78 Å². The Kier molecular flexibility index (Phi) is 3.45. The van der Waals surface area contributed by atoms with Crippen molar-refractivity contribution in [1.29, 1.82) is 0 Å². The van der Waals surface area contributed by atoms with Gasteiger partial charge in [-0.1, -0.05) is 6.07 Å². The summed E-state index contributed by atoms with van der Waals surface area (Å²) in [6.07, 6.45) is 1.37. The van der Waals surface area contributed by atoms with E-state index in [1.807, 2.05) is 0 Å². The largest absolute Gasteiger partial charge is 0.337 e. The van der Waals surface area contributed by atoms with Gasteiger partial charge in [-0.25, -0.2) is 0 Å². The molecule has 0 N–H and O–H groups in total. The summed E-state index contributed by atoms with van der Waals surface area (Å²) >= 11 is 6.78. The third-order valence-electron chi connectivity index (χ3n) is 1.54. The molecule has 1 nitrogen and oxygen atoms in total. The Balaban J connectivity index is 2.94. The molecule has 0 aliphatic carbocycles. The minimum Gasteiger partial charge on any atom is -0.254 e. The lowest BCUT2D eigenvalue weighted by molar-refractivity contribution is 0.122. The van der Waals surface area contributed by atoms with Crippen molar-refractivity contribution in [2.75, 3.05) is 0 Å². The number of halogens is 4. The minimum atomic E-state index is -2.91. The quantitative estimate of drug-likeness (QED) is 0.596. The Morgan fingerprint density at radius 2 is 2.15 bits per heavy atom. The van der Waals surface area contributed by atoms with Gasteiger partial charge in [0.25, 0.3) is 0 Å². The predicted molar refractivity (Wildman–Crippen MR) is 56.4 cm³/mol. The summed E-state index contributed by atoms with van der Waals surface area (Å²) in [7, 11) is 0. The summed E-state index contributed by atoms with van der Waals surface area (Å²) in [4.78, 5) is 3.63. The summed E-state index contributed by atoms with van der Waals surface area (Å²) in [5.74, 6) is 0. The molecule has 1 aromatic rings. The molecule has 1 unspecified atom stereocenters. The molecule has 0 radical (unpaired) electrons. The maximum absolute atomic E-state index is 12.7. The van der Waals surface area contributed by atoms with Crippen molar-refractivity contribution >= 4 is 34.2 Å². The highest BCUT2D eigenvalue weighted by Crippen LogP contribution is 2.34. The van der Waals surface area contributed by atoms with Crippen molar-refractivity contribution in [2.45, 2.75) is 16.2 Å². The molecule has 0 saturated carbocycles. The first-order valence-electron chi connectivity index (χ1n) is 3.58. The maximum Gasteiger partial charge on any atom is 0.337 e. The fourth-order valence-electron chi connectivity index (χ4n) is 0.808. The van der Waals surface area contributed by atoms with Crippen molar-refractivity contribution in [1.82, 2.24) is 4.98 Å². The highest BCUT2D eigenvalue weighted by atomic mass is 127. The maximum atomic E-state index is 12.7. The molecule has 0 spiro atoms. The molecule has 72 valence electrons. The van der Waals surface area contributed by atoms with Crippen LogP contribution in [0.5, 0.6) is 0 Å². The third-order valence-corrected chi connectivity index (χ3v) is 2.34. The van der Waals surface area contributed by atoms with Crippen LogP contribution in [0.1, 0.15) is 23.6 Å². The molecule has 0 amide bonds. The number of hydrogen-bond donors (Lipinski definition) is 0. The molecule has 0 bridgehead atoms. The highest BCUT2D eigenvalue weighted by Gasteiger charge is 2.28. The zero-order valence-electron chi connectivity index (χ0n) is 6.77. The van der Waals surface area contributed by atoms with E-state index >= 15 is 0 Å². The molecule has 1 atom stereocenters. The average Bonchev–Trinajstić information content (AvgIpc) is 2.03. The van der Waals surface area contributed by atoms with Gasteiger partial charge in [0.15, 0.2) is 0 Å². The first kappa shape index (κ1) is 11.1. The number of pyridine rings is 1. The Bertz CT molecular complexity index is 281. The molecule has 0 aliphatic heterocycles. The van der Waals surface area contributed by atoms with Gasteiger partial charge >= 0.3 is 3.93 Å². The summed E-state index contributed by atoms with van der Waals surface area (Å²) in [5, 5.41) is -0.204. The van der Waals surface area contributed by atoms with Crippen molar-refractivity contribution in [3.8, 4) is 0 Å². The van der Waals surface area contributed by atoms with Crippen LogP contribution in [0.15, 0.2) is 18.3 Å². The van der Waals surface area contributed by atoms with E-state index in [1.165, 1.54) is 12.3 Å². The van der Waals surface area contributed by atoms with Crippen LogP contribution in [0.25, 0.3) is 0 Å². The van der Waals surface area contributed by atoms with Gasteiger partial charge < -0.3 is 0 Å². The molecule has 13 heavy (non-hydrogen) atoms. The van der Waals surface area contributed by atoms with E-state index in [0.717, 1.165) is 28.2 Å². The summed E-state index contributed by atoms with van der Waals surface area (Å²) in [6.45, 7) is 1.76. The van der Waals surface area contributed by atoms with Crippen LogP contribution in [0.2, 0.25) is 0 Å². The van der Waals surface area contributed by atoms with Gasteiger partial charge in [-0.05, 0) is 18.6 Å². The van der Waals surface area contributed by atoms with Crippen LogP contribution in [0, 0.1) is 0 Å². The third kappa shape index (κ3) is 3.02. The van der Waals surface area contributed by atoms with Gasteiger partial charge in [-0.3, -0.25) is 4.98 Å². The molecule has 1 rings (SSSR count). The number of rotatable bonds is 2. The van der Waals surface area contributed by atoms with Crippen LogP contribution < -0.4 is 0 Å². The summed E-state index contributed by atoms with van der Waals surface area (Å²) in [5.41, 5.74) is 0.500. The van der Waals surface area contributed by atoms with Crippen LogP contribution >= 0.6 is 34.2 Å². The second-order valence-corrected chi connectivity index (χ2v) is 4.60. The second kappa shape index (κ2) is 4.04. The summed E-state index contributed by atoms with van der Waals surface area (Å²) in [6, 6.07) is 2.85. The van der Waals surface area contributed by atoms with Gasteiger partial charge in [0.2, 0.25) is 0 Å². The SMILES string of the molecule is CC(Cl)c1ccc(C(F)(F)I)nc1. The van der Waals surface area contributed by atoms with E-state index in [0.29, 0.717) is 0 Å². The van der Waals surface area contributed by atoms with Crippen molar-refractivity contribution in [3.05, 3.63) is 29.6 Å². The standard InChI is InChI=1S/C8H7ClF2IN/c1-5(9)6-2-3-7(13-4-6)8(10,11)12/h2-5H,1H3. The zero-order chi connectivity index (χ0) is 10.1. The van der Waals surface area contributed by atoms with Crippen molar-refractivity contribution in [2.24, 2.45) is 0 Å². The topological polar surface area (TPSA) is 12.9 Å². The van der Waals surface area contributed by atoms with Crippen LogP contribution in [0.3, 0.4) is 0 Å². The molecule has 0 fully saturated rings. The summed E-state index contributed by atoms with van der Waals surface area (Å²) < 4.78 is 22.4. The molecule has 0 saturated heterocycles. The number of nitrogens with zero attached hydrogens (tertiary/aromatic N) is 1. The van der Waals surface area contributed by atoms with Gasteiger partial charge in [-0.15, -0.1) is 11.6 Å². The molecule has 1 aromatic heterocycles. The van der Waals surface area contributed by atoms with Gasteiger partial charge in [0.05, 0.1) is 5.38 Å². The first-order chi connectivity index (χ1) is 5.91. The fraction of sp³-hybridized carbons (Fsp3) is 0.375. The molecule has 5 heteroatoms. The highest BCUT2D eigenvalue weighted by molar-refractivity contribution is 14.1. The molecular weight excluding hydrogens is 310 g/mol. The number of alkyl halides is 4. The normalized spacial score (nSPS) is 14.2. The average molecular weight is 318 g/mol. The van der Waals surface area contributed by atoms with E-state index in [9.17, 15) is 8.78 Å². The van der Waals surface area contributed by atoms with Crippen molar-refractivity contribution < 1.29 is 8.78 Å². The van der Waals surface area contributed by atoms with E-state index in [4.69, 9.17) is 11.6 Å². The van der Waals surface area contributed by atoms with E-state index in [-0.39, 0.29) is 11.1 Å². The van der Waals surface area contributed by atoms with Gasteiger partial charge in [-0.2, -0.15) is 8.78 Å². The van der Waals surface area contributed by atoms with E-state index < -0.39 is 3.93 Å². The zero-order valence-corrected chi connectivity index (χ0v) is 9.68. The Labute approximate surface area is 93.6 Å². The first-order valence-corrected chi connectivity index (χ1v) is 5.10. The lowest BCUT2D eigenvalue weighted by Crippen LogP contribution is -2.05. The Morgan fingerprint density at radius 3 is 2.46 bits per heavy atom. The monoisotopic (exact) mass is 317 g/mol. The molecule has 0 aromatic carbocycles. The number of hydrogen-bond acceptors (Lipinski definition) is 1. The second-order valence-electron chi connectivity index (χ2n) is 2.59. The number of aromatic nitrogens is 1. The molecular formula is C8H7ClF2IN.